The number of carbonyl (C=O) groups is 1. The molecule has 13 heteroatoms. The fraction of sp³-hybridized carbons (Fsp3) is 0.185. The largest absolute Gasteiger partial charge is 0.457 e. The number of nitrogens with one attached hydrogen (secondary N) is 3. The van der Waals surface area contributed by atoms with Crippen molar-refractivity contribution in [3.8, 4) is 17.2 Å². The highest BCUT2D eigenvalue weighted by Gasteiger charge is 2.22. The van der Waals surface area contributed by atoms with E-state index in [1.54, 1.807) is 41.1 Å². The Labute approximate surface area is 230 Å². The molecule has 0 radical (unpaired) electrons. The number of amides is 2. The standard InChI is InChI=1S/C27H27N7O5S/c1-27(2,3)23-15-25(34(32-23)18-7-10-22-21(13-18)29-16-38-22)31-26(35)30-17-5-8-19(9-6-17)39-20-11-12-28-24(14-20)33-40(4,36)37/h5-16H,1-4H3,(H,28,33)(H2,30,31,35). The van der Waals surface area contributed by atoms with E-state index in [9.17, 15) is 13.2 Å². The van der Waals surface area contributed by atoms with Crippen LogP contribution in [-0.4, -0.2) is 40.5 Å². The maximum Gasteiger partial charge on any atom is 0.324 e. The molecule has 0 unspecified atom stereocenters. The summed E-state index contributed by atoms with van der Waals surface area (Å²) in [4.78, 5) is 21.1. The summed E-state index contributed by atoms with van der Waals surface area (Å²) in [5.41, 5.74) is 3.14. The first kappa shape index (κ1) is 26.7. The number of ether oxygens (including phenoxy) is 1. The number of hydrogen-bond donors (Lipinski definition) is 3. The predicted molar refractivity (Wildman–Crippen MR) is 152 cm³/mol. The first-order valence-corrected chi connectivity index (χ1v) is 14.1. The molecule has 0 aliphatic rings. The summed E-state index contributed by atoms with van der Waals surface area (Å²) in [6, 6.07) is 16.7. The van der Waals surface area contributed by atoms with Gasteiger partial charge in [-0.2, -0.15) is 5.10 Å². The van der Waals surface area contributed by atoms with Crippen LogP contribution in [0.5, 0.6) is 11.5 Å². The molecular weight excluding hydrogens is 534 g/mol. The molecule has 5 rings (SSSR count). The zero-order chi connectivity index (χ0) is 28.5. The van der Waals surface area contributed by atoms with Crippen LogP contribution in [0.25, 0.3) is 16.8 Å². The summed E-state index contributed by atoms with van der Waals surface area (Å²) >= 11 is 0. The third-order valence-electron chi connectivity index (χ3n) is 5.65. The van der Waals surface area contributed by atoms with E-state index in [0.29, 0.717) is 34.1 Å². The van der Waals surface area contributed by atoms with E-state index < -0.39 is 16.1 Å². The van der Waals surface area contributed by atoms with Gasteiger partial charge in [0.25, 0.3) is 0 Å². The van der Waals surface area contributed by atoms with Gasteiger partial charge in [0.15, 0.2) is 12.0 Å². The Bertz CT molecular complexity index is 1790. The predicted octanol–water partition coefficient (Wildman–Crippen LogP) is 5.51. The van der Waals surface area contributed by atoms with Gasteiger partial charge >= 0.3 is 6.03 Å². The van der Waals surface area contributed by atoms with Gasteiger partial charge in [0.2, 0.25) is 10.0 Å². The van der Waals surface area contributed by atoms with Crippen LogP contribution in [0.1, 0.15) is 26.5 Å². The van der Waals surface area contributed by atoms with E-state index >= 15 is 0 Å². The number of aromatic nitrogens is 4. The SMILES string of the molecule is CC(C)(C)c1cc(NC(=O)Nc2ccc(Oc3ccnc(NS(C)(=O)=O)c3)cc2)n(-c2ccc3ocnc3c2)n1. The number of hydrogen-bond acceptors (Lipinski definition) is 8. The van der Waals surface area contributed by atoms with Crippen molar-refractivity contribution in [2.75, 3.05) is 21.6 Å². The van der Waals surface area contributed by atoms with E-state index in [1.165, 1.54) is 18.7 Å². The van der Waals surface area contributed by atoms with Crippen LogP contribution in [0.2, 0.25) is 0 Å². The van der Waals surface area contributed by atoms with Crippen molar-refractivity contribution >= 4 is 44.5 Å². The molecule has 0 spiro atoms. The minimum absolute atomic E-state index is 0.143. The Morgan fingerprint density at radius 1 is 0.950 bits per heavy atom. The minimum atomic E-state index is -3.46. The smallest absolute Gasteiger partial charge is 0.324 e. The van der Waals surface area contributed by atoms with Crippen LogP contribution in [0.3, 0.4) is 0 Å². The van der Waals surface area contributed by atoms with Gasteiger partial charge in [0.05, 0.1) is 17.6 Å². The Morgan fingerprint density at radius 2 is 1.73 bits per heavy atom. The summed E-state index contributed by atoms with van der Waals surface area (Å²) in [5.74, 6) is 1.51. The van der Waals surface area contributed by atoms with Crippen molar-refractivity contribution in [1.29, 1.82) is 0 Å². The monoisotopic (exact) mass is 561 g/mol. The van der Waals surface area contributed by atoms with E-state index in [0.717, 1.165) is 17.6 Å². The number of pyridine rings is 1. The number of rotatable bonds is 7. The molecule has 5 aromatic rings. The molecule has 0 atom stereocenters. The van der Waals surface area contributed by atoms with Crippen molar-refractivity contribution in [2.24, 2.45) is 0 Å². The maximum atomic E-state index is 12.9. The Morgan fingerprint density at radius 3 is 2.45 bits per heavy atom. The zero-order valence-electron chi connectivity index (χ0n) is 22.2. The van der Waals surface area contributed by atoms with Crippen molar-refractivity contribution in [1.82, 2.24) is 19.7 Å². The quantitative estimate of drug-likeness (QED) is 0.235. The van der Waals surface area contributed by atoms with Gasteiger partial charge < -0.3 is 14.5 Å². The van der Waals surface area contributed by atoms with Crippen LogP contribution in [0.15, 0.2) is 77.7 Å². The normalized spacial score (nSPS) is 11.8. The summed E-state index contributed by atoms with van der Waals surface area (Å²) in [6.45, 7) is 6.13. The van der Waals surface area contributed by atoms with Gasteiger partial charge in [-0.05, 0) is 48.5 Å². The van der Waals surface area contributed by atoms with Crippen molar-refractivity contribution in [3.63, 3.8) is 0 Å². The Balaban J connectivity index is 1.29. The summed E-state index contributed by atoms with van der Waals surface area (Å²) in [5, 5.41) is 10.4. The van der Waals surface area contributed by atoms with Gasteiger partial charge in [0, 0.05) is 29.4 Å². The number of anilines is 3. The molecule has 0 fully saturated rings. The molecule has 12 nitrogen and oxygen atoms in total. The second-order valence-corrected chi connectivity index (χ2v) is 11.8. The second-order valence-electron chi connectivity index (χ2n) is 10.0. The summed E-state index contributed by atoms with van der Waals surface area (Å²) < 4.78 is 38.0. The molecule has 0 aliphatic heterocycles. The maximum absolute atomic E-state index is 12.9. The number of urea groups is 1. The first-order valence-electron chi connectivity index (χ1n) is 12.2. The zero-order valence-corrected chi connectivity index (χ0v) is 23.0. The lowest BCUT2D eigenvalue weighted by Gasteiger charge is -2.14. The van der Waals surface area contributed by atoms with Crippen molar-refractivity contribution in [3.05, 3.63) is 78.9 Å². The lowest BCUT2D eigenvalue weighted by molar-refractivity contribution is 0.262. The van der Waals surface area contributed by atoms with Gasteiger partial charge in [-0.1, -0.05) is 20.8 Å². The minimum Gasteiger partial charge on any atom is -0.457 e. The van der Waals surface area contributed by atoms with Gasteiger partial charge in [0.1, 0.15) is 28.7 Å². The first-order chi connectivity index (χ1) is 18.9. The van der Waals surface area contributed by atoms with Gasteiger partial charge in [-0.25, -0.2) is 27.9 Å². The third kappa shape index (κ3) is 6.38. The molecule has 0 bridgehead atoms. The molecule has 40 heavy (non-hydrogen) atoms. The highest BCUT2D eigenvalue weighted by molar-refractivity contribution is 7.92. The molecule has 2 aromatic carbocycles. The van der Waals surface area contributed by atoms with Crippen LogP contribution in [0.4, 0.5) is 22.1 Å². The number of oxazole rings is 1. The average Bonchev–Trinajstić information content (AvgIpc) is 3.51. The molecule has 206 valence electrons. The third-order valence-corrected chi connectivity index (χ3v) is 6.23. The van der Waals surface area contributed by atoms with Crippen molar-refractivity contribution in [2.45, 2.75) is 26.2 Å². The molecule has 2 amide bonds. The van der Waals surface area contributed by atoms with Gasteiger partial charge in [-0.15, -0.1) is 0 Å². The van der Waals surface area contributed by atoms with Crippen molar-refractivity contribution < 1.29 is 22.4 Å². The van der Waals surface area contributed by atoms with Crippen LogP contribution in [-0.2, 0) is 15.4 Å². The number of carbonyl (C=O) groups excluding carboxylic acids is 1. The topological polar surface area (TPSA) is 153 Å². The lowest BCUT2D eigenvalue weighted by Crippen LogP contribution is -2.21. The average molecular weight is 562 g/mol. The van der Waals surface area contributed by atoms with E-state index in [2.05, 4.69) is 25.3 Å². The molecule has 0 saturated heterocycles. The Kier molecular flexibility index (Phi) is 6.90. The van der Waals surface area contributed by atoms with Crippen LogP contribution < -0.4 is 20.1 Å². The fourth-order valence-corrected chi connectivity index (χ4v) is 4.24. The Hall–Kier alpha value is -4.91. The number of fused-ring (bicyclic) bond motifs is 1. The number of sulfonamides is 1. The molecule has 3 aromatic heterocycles. The van der Waals surface area contributed by atoms with Gasteiger partial charge in [-0.3, -0.25) is 10.0 Å². The lowest BCUT2D eigenvalue weighted by atomic mass is 9.92. The summed E-state index contributed by atoms with van der Waals surface area (Å²) in [6.07, 6.45) is 3.85. The van der Waals surface area contributed by atoms with Crippen LogP contribution >= 0.6 is 0 Å². The molecule has 3 N–H and O–H groups in total. The van der Waals surface area contributed by atoms with Crippen LogP contribution in [0, 0.1) is 0 Å². The fourth-order valence-electron chi connectivity index (χ4n) is 3.75. The molecular formula is C27H27N7O5S. The highest BCUT2D eigenvalue weighted by Crippen LogP contribution is 2.28. The number of nitrogens with zero attached hydrogens (tertiary/aromatic N) is 4. The van der Waals surface area contributed by atoms with E-state index in [1.807, 2.05) is 39.0 Å². The molecule has 0 saturated carbocycles. The summed E-state index contributed by atoms with van der Waals surface area (Å²) in [7, 11) is -3.46. The van der Waals surface area contributed by atoms with E-state index in [-0.39, 0.29) is 11.2 Å². The number of benzene rings is 2. The van der Waals surface area contributed by atoms with E-state index in [4.69, 9.17) is 14.3 Å². The molecule has 0 aliphatic carbocycles. The molecule has 3 heterocycles. The second kappa shape index (κ2) is 10.3. The highest BCUT2D eigenvalue weighted by atomic mass is 32.2.